The van der Waals surface area contributed by atoms with Crippen LogP contribution < -0.4 is 10.6 Å². The van der Waals surface area contributed by atoms with Gasteiger partial charge in [0.15, 0.2) is 11.0 Å². The highest BCUT2D eigenvalue weighted by Gasteiger charge is 2.16. The molecule has 2 amide bonds. The molecule has 0 radical (unpaired) electrons. The number of rotatable bonds is 7. The lowest BCUT2D eigenvalue weighted by Gasteiger charge is -2.09. The third-order valence-electron chi connectivity index (χ3n) is 4.18. The molecule has 0 aliphatic heterocycles. The summed E-state index contributed by atoms with van der Waals surface area (Å²) < 4.78 is 8.04. The summed E-state index contributed by atoms with van der Waals surface area (Å²) in [4.78, 5) is 24.2. The van der Waals surface area contributed by atoms with Gasteiger partial charge in [-0.15, -0.1) is 10.2 Å². The van der Waals surface area contributed by atoms with Gasteiger partial charge < -0.3 is 19.6 Å². The number of hydrogen-bond acceptors (Lipinski definition) is 6. The van der Waals surface area contributed by atoms with Gasteiger partial charge in [-0.2, -0.15) is 0 Å². The maximum Gasteiger partial charge on any atom is 0.243 e. The minimum atomic E-state index is -0.287. The minimum Gasteiger partial charge on any atom is -0.469 e. The summed E-state index contributed by atoms with van der Waals surface area (Å²) in [5.41, 5.74) is 2.50. The zero-order valence-corrected chi connectivity index (χ0v) is 18.6. The lowest BCUT2D eigenvalue weighted by molar-refractivity contribution is -0.122. The van der Waals surface area contributed by atoms with Crippen molar-refractivity contribution in [1.29, 1.82) is 0 Å². The molecule has 0 spiro atoms. The van der Waals surface area contributed by atoms with Crippen LogP contribution >= 0.6 is 27.7 Å². The molecular formula is C19H20BrN5O3S. The standard InChI is InChI=1S/C19H20BrN5O3S/c1-11-8-13(20)4-5-15(11)22-16(26)9-21-17(27)10-29-19-24-23-18(25(19)3)14-6-7-28-12(14)2/h4-8H,9-10H2,1-3H3,(H,21,27)(H,22,26). The van der Waals surface area contributed by atoms with Crippen LogP contribution in [-0.4, -0.2) is 38.9 Å². The Kier molecular flexibility index (Phi) is 6.75. The van der Waals surface area contributed by atoms with Crippen molar-refractivity contribution < 1.29 is 14.0 Å². The van der Waals surface area contributed by atoms with Gasteiger partial charge in [0.25, 0.3) is 0 Å². The number of anilines is 1. The van der Waals surface area contributed by atoms with Gasteiger partial charge in [0.1, 0.15) is 5.76 Å². The van der Waals surface area contributed by atoms with Gasteiger partial charge >= 0.3 is 0 Å². The van der Waals surface area contributed by atoms with Gasteiger partial charge in [-0.05, 0) is 43.7 Å². The van der Waals surface area contributed by atoms with Crippen LogP contribution in [-0.2, 0) is 16.6 Å². The number of nitrogens with zero attached hydrogens (tertiary/aromatic N) is 3. The van der Waals surface area contributed by atoms with E-state index in [0.717, 1.165) is 21.4 Å². The lowest BCUT2D eigenvalue weighted by atomic mass is 10.2. The highest BCUT2D eigenvalue weighted by atomic mass is 79.9. The van der Waals surface area contributed by atoms with Crippen molar-refractivity contribution in [2.24, 2.45) is 7.05 Å². The van der Waals surface area contributed by atoms with Crippen LogP contribution in [0.4, 0.5) is 5.69 Å². The molecule has 0 bridgehead atoms. The molecule has 0 atom stereocenters. The molecule has 10 heteroatoms. The molecule has 152 valence electrons. The predicted molar refractivity (Wildman–Crippen MR) is 115 cm³/mol. The molecule has 0 saturated carbocycles. The summed E-state index contributed by atoms with van der Waals surface area (Å²) in [7, 11) is 1.83. The van der Waals surface area contributed by atoms with Crippen LogP contribution in [0, 0.1) is 13.8 Å². The van der Waals surface area contributed by atoms with Crippen LogP contribution in [0.5, 0.6) is 0 Å². The Labute approximate surface area is 180 Å². The van der Waals surface area contributed by atoms with Crippen molar-refractivity contribution in [2.75, 3.05) is 17.6 Å². The maximum absolute atomic E-state index is 12.1. The molecule has 0 unspecified atom stereocenters. The van der Waals surface area contributed by atoms with Crippen molar-refractivity contribution in [2.45, 2.75) is 19.0 Å². The summed E-state index contributed by atoms with van der Waals surface area (Å²) >= 11 is 4.63. The first-order valence-corrected chi connectivity index (χ1v) is 10.5. The second-order valence-corrected chi connectivity index (χ2v) is 8.19. The van der Waals surface area contributed by atoms with E-state index in [1.807, 2.05) is 45.2 Å². The predicted octanol–water partition coefficient (Wildman–Crippen LogP) is 3.30. The molecule has 0 saturated heterocycles. The van der Waals surface area contributed by atoms with Crippen LogP contribution in [0.25, 0.3) is 11.4 Å². The van der Waals surface area contributed by atoms with Gasteiger partial charge in [0.2, 0.25) is 11.8 Å². The maximum atomic E-state index is 12.1. The fraction of sp³-hybridized carbons (Fsp3) is 0.263. The van der Waals surface area contributed by atoms with Gasteiger partial charge in [-0.3, -0.25) is 9.59 Å². The SMILES string of the molecule is Cc1cc(Br)ccc1NC(=O)CNC(=O)CSc1nnc(-c2ccoc2C)n1C. The monoisotopic (exact) mass is 477 g/mol. The zero-order valence-electron chi connectivity index (χ0n) is 16.2. The van der Waals surface area contributed by atoms with E-state index in [0.29, 0.717) is 16.7 Å². The van der Waals surface area contributed by atoms with Crippen LogP contribution in [0.3, 0.4) is 0 Å². The van der Waals surface area contributed by atoms with Crippen molar-refractivity contribution in [3.8, 4) is 11.4 Å². The van der Waals surface area contributed by atoms with Crippen molar-refractivity contribution in [3.05, 3.63) is 46.3 Å². The van der Waals surface area contributed by atoms with Crippen molar-refractivity contribution >= 4 is 45.2 Å². The average molecular weight is 478 g/mol. The Morgan fingerprint density at radius 2 is 2.00 bits per heavy atom. The van der Waals surface area contributed by atoms with Gasteiger partial charge in [0.05, 0.1) is 24.1 Å². The number of halogens is 1. The number of amides is 2. The quantitative estimate of drug-likeness (QED) is 0.506. The Morgan fingerprint density at radius 3 is 2.69 bits per heavy atom. The Morgan fingerprint density at radius 1 is 1.21 bits per heavy atom. The number of carbonyl (C=O) groups excluding carboxylic acids is 2. The molecule has 0 aliphatic carbocycles. The molecule has 2 heterocycles. The zero-order chi connectivity index (χ0) is 21.0. The molecule has 3 aromatic rings. The summed E-state index contributed by atoms with van der Waals surface area (Å²) in [5.74, 6) is 0.998. The van der Waals surface area contributed by atoms with E-state index in [1.165, 1.54) is 11.8 Å². The molecule has 0 fully saturated rings. The Bertz CT molecular complexity index is 1050. The number of furan rings is 1. The molecule has 8 nitrogen and oxygen atoms in total. The second-order valence-electron chi connectivity index (χ2n) is 6.33. The van der Waals surface area contributed by atoms with E-state index in [2.05, 4.69) is 36.8 Å². The van der Waals surface area contributed by atoms with E-state index < -0.39 is 0 Å². The molecule has 29 heavy (non-hydrogen) atoms. The molecule has 2 N–H and O–H groups in total. The molecule has 2 aromatic heterocycles. The van der Waals surface area contributed by atoms with E-state index in [9.17, 15) is 9.59 Å². The highest BCUT2D eigenvalue weighted by Crippen LogP contribution is 2.25. The number of thioether (sulfide) groups is 1. The first-order chi connectivity index (χ1) is 13.8. The van der Waals surface area contributed by atoms with E-state index in [-0.39, 0.29) is 24.1 Å². The van der Waals surface area contributed by atoms with Gasteiger partial charge in [0, 0.05) is 17.2 Å². The van der Waals surface area contributed by atoms with E-state index >= 15 is 0 Å². The largest absolute Gasteiger partial charge is 0.469 e. The summed E-state index contributed by atoms with van der Waals surface area (Å²) in [6.07, 6.45) is 1.60. The Hall–Kier alpha value is -2.59. The Balaban J connectivity index is 1.48. The fourth-order valence-electron chi connectivity index (χ4n) is 2.61. The molecular weight excluding hydrogens is 458 g/mol. The normalized spacial score (nSPS) is 10.8. The summed E-state index contributed by atoms with van der Waals surface area (Å²) in [6.45, 7) is 3.65. The first-order valence-electron chi connectivity index (χ1n) is 8.74. The first kappa shape index (κ1) is 21.1. The molecule has 1 aromatic carbocycles. The average Bonchev–Trinajstić information content (AvgIpc) is 3.25. The smallest absolute Gasteiger partial charge is 0.243 e. The lowest BCUT2D eigenvalue weighted by Crippen LogP contribution is -2.34. The van der Waals surface area contributed by atoms with Crippen LogP contribution in [0.2, 0.25) is 0 Å². The van der Waals surface area contributed by atoms with Crippen LogP contribution in [0.1, 0.15) is 11.3 Å². The number of aromatic nitrogens is 3. The highest BCUT2D eigenvalue weighted by molar-refractivity contribution is 9.10. The van der Waals surface area contributed by atoms with Crippen molar-refractivity contribution in [1.82, 2.24) is 20.1 Å². The topological polar surface area (TPSA) is 102 Å². The number of hydrogen-bond donors (Lipinski definition) is 2. The number of carbonyl (C=O) groups is 2. The third-order valence-corrected chi connectivity index (χ3v) is 5.69. The second kappa shape index (κ2) is 9.27. The van der Waals surface area contributed by atoms with E-state index in [4.69, 9.17) is 4.42 Å². The minimum absolute atomic E-state index is 0.104. The summed E-state index contributed by atoms with van der Waals surface area (Å²) in [5, 5.41) is 14.3. The summed E-state index contributed by atoms with van der Waals surface area (Å²) in [6, 6.07) is 7.39. The molecule has 0 aliphatic rings. The van der Waals surface area contributed by atoms with Gasteiger partial charge in [-0.1, -0.05) is 27.7 Å². The molecule has 3 rings (SSSR count). The van der Waals surface area contributed by atoms with Crippen LogP contribution in [0.15, 0.2) is 44.6 Å². The van der Waals surface area contributed by atoms with E-state index in [1.54, 1.807) is 10.8 Å². The number of benzene rings is 1. The third kappa shape index (κ3) is 5.27. The number of aryl methyl sites for hydroxylation is 2. The van der Waals surface area contributed by atoms with Gasteiger partial charge in [-0.25, -0.2) is 0 Å². The number of nitrogens with one attached hydrogen (secondary N) is 2. The van der Waals surface area contributed by atoms with Crippen molar-refractivity contribution in [3.63, 3.8) is 0 Å². The fourth-order valence-corrected chi connectivity index (χ4v) is 3.83.